The summed E-state index contributed by atoms with van der Waals surface area (Å²) in [4.78, 5) is 23.3. The van der Waals surface area contributed by atoms with E-state index in [-0.39, 0.29) is 5.92 Å². The molecule has 0 saturated heterocycles. The molecule has 2 atom stereocenters. The van der Waals surface area contributed by atoms with Crippen LogP contribution < -0.4 is 0 Å². The van der Waals surface area contributed by atoms with E-state index in [1.54, 1.807) is 6.08 Å². The minimum atomic E-state index is -1.03. The number of hydrogen-bond donors (Lipinski definition) is 0. The van der Waals surface area contributed by atoms with Gasteiger partial charge in [0.15, 0.2) is 11.9 Å². The third-order valence-corrected chi connectivity index (χ3v) is 5.19. The topological polar surface area (TPSA) is 52.6 Å². The fourth-order valence-electron chi connectivity index (χ4n) is 3.48. The molecule has 0 N–H and O–H groups in total. The predicted octanol–water partition coefficient (Wildman–Crippen LogP) is 5.25. The molecule has 0 amide bonds. The van der Waals surface area contributed by atoms with Gasteiger partial charge in [-0.1, -0.05) is 70.6 Å². The average molecular weight is 387 g/mol. The largest absolute Gasteiger partial charge is 0.496 e. The van der Waals surface area contributed by atoms with Gasteiger partial charge in [0, 0.05) is 12.2 Å². The van der Waals surface area contributed by atoms with Crippen molar-refractivity contribution in [1.29, 1.82) is 0 Å². The highest BCUT2D eigenvalue weighted by atomic mass is 16.5. The average Bonchev–Trinajstić information content (AvgIpc) is 2.73. The maximum Gasteiger partial charge on any atom is 0.161 e. The first-order chi connectivity index (χ1) is 13.7. The second kappa shape index (κ2) is 11.8. The maximum atomic E-state index is 11.8. The third-order valence-electron chi connectivity index (χ3n) is 5.19. The van der Waals surface area contributed by atoms with Crippen molar-refractivity contribution in [3.8, 4) is 0 Å². The Kier molecular flexibility index (Phi) is 9.42. The second-order valence-electron chi connectivity index (χ2n) is 7.52. The highest BCUT2D eigenvalue weighted by Crippen LogP contribution is 2.35. The number of carbonyl (C=O) groups excluding carboxylic acids is 2. The van der Waals surface area contributed by atoms with Crippen LogP contribution in [0, 0.1) is 5.92 Å². The third kappa shape index (κ3) is 6.03. The van der Waals surface area contributed by atoms with E-state index in [2.05, 4.69) is 13.8 Å². The smallest absolute Gasteiger partial charge is 0.161 e. The van der Waals surface area contributed by atoms with Crippen LogP contribution in [0.4, 0.5) is 0 Å². The van der Waals surface area contributed by atoms with Gasteiger partial charge < -0.3 is 14.3 Å². The van der Waals surface area contributed by atoms with Crippen LogP contribution in [-0.2, 0) is 19.1 Å². The van der Waals surface area contributed by atoms with Crippen molar-refractivity contribution in [2.75, 3.05) is 13.2 Å². The standard InChI is InChI=1S/C24H34O4/c1-3-5-7-9-15-27-23-21(18-25)12-11-20-17-24(19-26,14-13-22(20)23)28-16-10-8-6-4-2/h11-14,17-19,21H,3-10,15-16H2,1-2H3. The Balaban J connectivity index is 2.09. The number of unbranched alkanes of at least 4 members (excludes halogenated alkanes) is 6. The first kappa shape index (κ1) is 22.4. The summed E-state index contributed by atoms with van der Waals surface area (Å²) in [5.41, 5.74) is 0.724. The van der Waals surface area contributed by atoms with Gasteiger partial charge in [-0.2, -0.15) is 0 Å². The summed E-state index contributed by atoms with van der Waals surface area (Å²) in [5, 5.41) is 0. The van der Waals surface area contributed by atoms with Crippen LogP contribution in [-0.4, -0.2) is 31.4 Å². The number of allylic oxidation sites excluding steroid dienone is 5. The van der Waals surface area contributed by atoms with E-state index in [0.717, 1.165) is 49.4 Å². The molecule has 0 aliphatic heterocycles. The minimum Gasteiger partial charge on any atom is -0.496 e. The number of carbonyl (C=O) groups is 2. The van der Waals surface area contributed by atoms with Crippen molar-refractivity contribution >= 4 is 12.6 Å². The Hall–Kier alpha value is -1.94. The van der Waals surface area contributed by atoms with Gasteiger partial charge in [-0.15, -0.1) is 0 Å². The number of fused-ring (bicyclic) bond motifs is 1. The lowest BCUT2D eigenvalue weighted by Gasteiger charge is -2.30. The normalized spacial score (nSPS) is 23.4. The molecule has 0 saturated carbocycles. The van der Waals surface area contributed by atoms with Crippen molar-refractivity contribution in [1.82, 2.24) is 0 Å². The summed E-state index contributed by atoms with van der Waals surface area (Å²) in [5.74, 6) is 0.306. The van der Waals surface area contributed by atoms with E-state index < -0.39 is 5.60 Å². The Bertz CT molecular complexity index is 641. The zero-order chi connectivity index (χ0) is 20.2. The fourth-order valence-corrected chi connectivity index (χ4v) is 3.48. The van der Waals surface area contributed by atoms with Crippen molar-refractivity contribution < 1.29 is 19.1 Å². The van der Waals surface area contributed by atoms with Crippen molar-refractivity contribution in [2.24, 2.45) is 5.92 Å². The van der Waals surface area contributed by atoms with Gasteiger partial charge in [-0.3, -0.25) is 4.79 Å². The molecule has 2 unspecified atom stereocenters. The Morgan fingerprint density at radius 3 is 2.32 bits per heavy atom. The molecule has 0 fully saturated rings. The molecule has 0 heterocycles. The Labute approximate surface area is 169 Å². The van der Waals surface area contributed by atoms with E-state index >= 15 is 0 Å². The molecule has 2 rings (SSSR count). The van der Waals surface area contributed by atoms with E-state index in [0.29, 0.717) is 19.0 Å². The van der Waals surface area contributed by atoms with Crippen LogP contribution in [0.2, 0.25) is 0 Å². The van der Waals surface area contributed by atoms with Gasteiger partial charge in [0.05, 0.1) is 12.5 Å². The van der Waals surface area contributed by atoms with Crippen LogP contribution in [0.3, 0.4) is 0 Å². The number of rotatable bonds is 14. The van der Waals surface area contributed by atoms with E-state index in [1.807, 2.05) is 24.3 Å². The Morgan fingerprint density at radius 1 is 0.964 bits per heavy atom. The summed E-state index contributed by atoms with van der Waals surface area (Å²) >= 11 is 0. The van der Waals surface area contributed by atoms with Crippen molar-refractivity contribution in [2.45, 2.75) is 70.8 Å². The van der Waals surface area contributed by atoms with Crippen LogP contribution in [0.15, 0.2) is 47.3 Å². The summed E-state index contributed by atoms with van der Waals surface area (Å²) in [6.07, 6.45) is 19.8. The molecule has 0 bridgehead atoms. The molecular formula is C24H34O4. The van der Waals surface area contributed by atoms with E-state index in [9.17, 15) is 9.59 Å². The molecule has 4 nitrogen and oxygen atoms in total. The number of hydrogen-bond acceptors (Lipinski definition) is 4. The van der Waals surface area contributed by atoms with Crippen molar-refractivity contribution in [3.05, 3.63) is 47.3 Å². The Morgan fingerprint density at radius 2 is 1.68 bits per heavy atom. The second-order valence-corrected chi connectivity index (χ2v) is 7.52. The molecule has 28 heavy (non-hydrogen) atoms. The minimum absolute atomic E-state index is 0.373. The fraction of sp³-hybridized carbons (Fsp3) is 0.583. The molecule has 0 aromatic heterocycles. The van der Waals surface area contributed by atoms with E-state index in [4.69, 9.17) is 9.47 Å². The molecule has 154 valence electrons. The van der Waals surface area contributed by atoms with Gasteiger partial charge in [-0.25, -0.2) is 0 Å². The van der Waals surface area contributed by atoms with Gasteiger partial charge in [0.1, 0.15) is 12.0 Å². The van der Waals surface area contributed by atoms with Crippen LogP contribution in [0.5, 0.6) is 0 Å². The molecule has 0 radical (unpaired) electrons. The lowest BCUT2D eigenvalue weighted by atomic mass is 9.84. The summed E-state index contributed by atoms with van der Waals surface area (Å²) in [6.45, 7) is 5.49. The van der Waals surface area contributed by atoms with Crippen molar-refractivity contribution in [3.63, 3.8) is 0 Å². The first-order valence-corrected chi connectivity index (χ1v) is 10.7. The van der Waals surface area contributed by atoms with Gasteiger partial charge in [0.25, 0.3) is 0 Å². The number of ether oxygens (including phenoxy) is 2. The molecule has 4 heteroatoms. The van der Waals surface area contributed by atoms with Gasteiger partial charge >= 0.3 is 0 Å². The zero-order valence-electron chi connectivity index (χ0n) is 17.3. The predicted molar refractivity (Wildman–Crippen MR) is 112 cm³/mol. The van der Waals surface area contributed by atoms with Crippen LogP contribution >= 0.6 is 0 Å². The molecule has 2 aliphatic carbocycles. The van der Waals surface area contributed by atoms with E-state index in [1.165, 1.54) is 25.7 Å². The van der Waals surface area contributed by atoms with Crippen LogP contribution in [0.25, 0.3) is 0 Å². The SMILES string of the molecule is CCCCCCOC1=C2C=CC(C=O)(OCCCCCC)C=C2C=CC1C=O. The van der Waals surface area contributed by atoms with Gasteiger partial charge in [-0.05, 0) is 30.6 Å². The lowest BCUT2D eigenvalue weighted by molar-refractivity contribution is -0.121. The molecular weight excluding hydrogens is 352 g/mol. The quantitative estimate of drug-likeness (QED) is 0.302. The summed E-state index contributed by atoms with van der Waals surface area (Å²) in [7, 11) is 0. The molecule has 0 aromatic rings. The monoisotopic (exact) mass is 386 g/mol. The molecule has 0 spiro atoms. The highest BCUT2D eigenvalue weighted by Gasteiger charge is 2.32. The van der Waals surface area contributed by atoms with Crippen LogP contribution in [0.1, 0.15) is 65.2 Å². The lowest BCUT2D eigenvalue weighted by Crippen LogP contribution is -2.33. The summed E-state index contributed by atoms with van der Waals surface area (Å²) < 4.78 is 11.9. The number of aldehydes is 2. The maximum absolute atomic E-state index is 11.8. The highest BCUT2D eigenvalue weighted by molar-refractivity contribution is 5.76. The molecule has 0 aromatic carbocycles. The zero-order valence-corrected chi connectivity index (χ0v) is 17.3. The van der Waals surface area contributed by atoms with Gasteiger partial charge in [0.2, 0.25) is 0 Å². The summed E-state index contributed by atoms with van der Waals surface area (Å²) in [6, 6.07) is 0. The molecule has 2 aliphatic rings. The first-order valence-electron chi connectivity index (χ1n) is 10.7.